The molecule has 2 nitrogen and oxygen atoms in total. The molecule has 0 aromatic carbocycles. The number of hydrogen-bond donors (Lipinski definition) is 1. The van der Waals surface area contributed by atoms with Crippen molar-refractivity contribution in [1.29, 1.82) is 0 Å². The van der Waals surface area contributed by atoms with Crippen LogP contribution >= 0.6 is 0 Å². The molecule has 18 heavy (non-hydrogen) atoms. The van der Waals surface area contributed by atoms with Crippen LogP contribution < -0.4 is 5.73 Å². The summed E-state index contributed by atoms with van der Waals surface area (Å²) < 4.78 is 0. The van der Waals surface area contributed by atoms with E-state index in [9.17, 15) is 4.79 Å². The Hall–Kier alpha value is -0.370. The molecule has 106 valence electrons. The predicted octanol–water partition coefficient (Wildman–Crippen LogP) is 3.93. The van der Waals surface area contributed by atoms with Crippen LogP contribution in [0.15, 0.2) is 0 Å². The number of hydrogen-bond acceptors (Lipinski definition) is 2. The van der Waals surface area contributed by atoms with Gasteiger partial charge in [0.1, 0.15) is 5.78 Å². The second-order valence-electron chi connectivity index (χ2n) is 6.27. The Morgan fingerprint density at radius 3 is 2.50 bits per heavy atom. The molecule has 2 heteroatoms. The third-order valence-electron chi connectivity index (χ3n) is 4.58. The van der Waals surface area contributed by atoms with Crippen LogP contribution in [0, 0.1) is 17.8 Å². The highest BCUT2D eigenvalue weighted by molar-refractivity contribution is 5.83. The van der Waals surface area contributed by atoms with Crippen molar-refractivity contribution in [3.05, 3.63) is 0 Å². The van der Waals surface area contributed by atoms with Crippen LogP contribution in [-0.2, 0) is 4.79 Å². The molecule has 0 aromatic rings. The zero-order chi connectivity index (χ0) is 13.5. The molecule has 1 saturated carbocycles. The van der Waals surface area contributed by atoms with Crippen molar-refractivity contribution in [2.75, 3.05) is 0 Å². The fourth-order valence-corrected chi connectivity index (χ4v) is 3.32. The van der Waals surface area contributed by atoms with E-state index in [-0.39, 0.29) is 12.0 Å². The van der Waals surface area contributed by atoms with Gasteiger partial charge in [-0.05, 0) is 38.5 Å². The van der Waals surface area contributed by atoms with Gasteiger partial charge in [-0.1, -0.05) is 39.5 Å². The highest BCUT2D eigenvalue weighted by Crippen LogP contribution is 2.35. The van der Waals surface area contributed by atoms with Gasteiger partial charge in [-0.25, -0.2) is 0 Å². The van der Waals surface area contributed by atoms with Crippen LogP contribution in [-0.4, -0.2) is 11.8 Å². The number of carbonyl (C=O) groups excluding carboxylic acids is 1. The van der Waals surface area contributed by atoms with E-state index < -0.39 is 0 Å². The number of ketones is 1. The van der Waals surface area contributed by atoms with Crippen molar-refractivity contribution in [2.45, 2.75) is 78.2 Å². The standard InChI is InChI=1S/C16H31NO/c1-4-14-10-5-6-11-15(14)16(18)12(2)8-7-9-13(3)17/h12-15H,4-11,17H2,1-3H3. The first kappa shape index (κ1) is 15.7. The molecule has 4 unspecified atom stereocenters. The number of nitrogens with two attached hydrogens (primary N) is 1. The summed E-state index contributed by atoms with van der Waals surface area (Å²) in [4.78, 5) is 12.5. The fourth-order valence-electron chi connectivity index (χ4n) is 3.32. The number of carbonyl (C=O) groups is 1. The van der Waals surface area contributed by atoms with Crippen molar-refractivity contribution in [3.63, 3.8) is 0 Å². The maximum atomic E-state index is 12.5. The van der Waals surface area contributed by atoms with Gasteiger partial charge in [0.25, 0.3) is 0 Å². The van der Waals surface area contributed by atoms with E-state index in [0.29, 0.717) is 17.6 Å². The predicted molar refractivity (Wildman–Crippen MR) is 77.4 cm³/mol. The van der Waals surface area contributed by atoms with Gasteiger partial charge in [0, 0.05) is 17.9 Å². The Bertz CT molecular complexity index is 249. The molecule has 0 aromatic heterocycles. The van der Waals surface area contributed by atoms with Crippen molar-refractivity contribution in [3.8, 4) is 0 Å². The third-order valence-corrected chi connectivity index (χ3v) is 4.58. The molecule has 4 atom stereocenters. The number of Topliss-reactive ketones (excluding diaryl/α,β-unsaturated/α-hetero) is 1. The molecule has 0 saturated heterocycles. The van der Waals surface area contributed by atoms with Crippen LogP contribution in [0.5, 0.6) is 0 Å². The fraction of sp³-hybridized carbons (Fsp3) is 0.938. The molecule has 1 aliphatic carbocycles. The van der Waals surface area contributed by atoms with Gasteiger partial charge in [-0.3, -0.25) is 4.79 Å². The Morgan fingerprint density at radius 1 is 1.22 bits per heavy atom. The molecule has 0 aliphatic heterocycles. The van der Waals surface area contributed by atoms with Crippen molar-refractivity contribution in [1.82, 2.24) is 0 Å². The summed E-state index contributed by atoms with van der Waals surface area (Å²) in [6.45, 7) is 6.39. The zero-order valence-electron chi connectivity index (χ0n) is 12.5. The highest BCUT2D eigenvalue weighted by atomic mass is 16.1. The zero-order valence-corrected chi connectivity index (χ0v) is 12.5. The molecule has 0 amide bonds. The Labute approximate surface area is 113 Å². The SMILES string of the molecule is CCC1CCCCC1C(=O)C(C)CCCC(C)N. The van der Waals surface area contributed by atoms with E-state index in [1.165, 1.54) is 25.7 Å². The molecule has 0 radical (unpaired) electrons. The van der Waals surface area contributed by atoms with Gasteiger partial charge in [-0.2, -0.15) is 0 Å². The summed E-state index contributed by atoms with van der Waals surface area (Å²) in [6, 6.07) is 0.269. The first-order valence-corrected chi connectivity index (χ1v) is 7.85. The molecular weight excluding hydrogens is 222 g/mol. The van der Waals surface area contributed by atoms with E-state index >= 15 is 0 Å². The maximum absolute atomic E-state index is 12.5. The largest absolute Gasteiger partial charge is 0.328 e. The summed E-state index contributed by atoms with van der Waals surface area (Å²) in [5.74, 6) is 1.78. The minimum absolute atomic E-state index is 0.237. The van der Waals surface area contributed by atoms with Gasteiger partial charge >= 0.3 is 0 Å². The van der Waals surface area contributed by atoms with Crippen LogP contribution in [0.1, 0.15) is 72.1 Å². The summed E-state index contributed by atoms with van der Waals surface area (Å²) in [5, 5.41) is 0. The van der Waals surface area contributed by atoms with Gasteiger partial charge in [0.05, 0.1) is 0 Å². The summed E-state index contributed by atoms with van der Waals surface area (Å²) in [6.07, 6.45) is 9.29. The van der Waals surface area contributed by atoms with Crippen molar-refractivity contribution in [2.24, 2.45) is 23.5 Å². The second kappa shape index (κ2) is 7.93. The Morgan fingerprint density at radius 2 is 1.89 bits per heavy atom. The molecule has 1 fully saturated rings. The minimum Gasteiger partial charge on any atom is -0.328 e. The van der Waals surface area contributed by atoms with Crippen molar-refractivity contribution >= 4 is 5.78 Å². The normalized spacial score (nSPS) is 27.8. The molecule has 2 N–H and O–H groups in total. The van der Waals surface area contributed by atoms with E-state index in [1.807, 2.05) is 6.92 Å². The lowest BCUT2D eigenvalue weighted by molar-refractivity contribution is -0.129. The van der Waals surface area contributed by atoms with Crippen LogP contribution in [0.3, 0.4) is 0 Å². The average molecular weight is 253 g/mol. The molecule has 0 heterocycles. The van der Waals surface area contributed by atoms with Crippen LogP contribution in [0.25, 0.3) is 0 Å². The van der Waals surface area contributed by atoms with Crippen LogP contribution in [0.2, 0.25) is 0 Å². The first-order chi connectivity index (χ1) is 8.56. The summed E-state index contributed by atoms with van der Waals surface area (Å²) in [5.41, 5.74) is 5.76. The molecular formula is C16H31NO. The lowest BCUT2D eigenvalue weighted by Gasteiger charge is -2.31. The lowest BCUT2D eigenvalue weighted by atomic mass is 9.72. The second-order valence-corrected chi connectivity index (χ2v) is 6.27. The molecule has 0 spiro atoms. The smallest absolute Gasteiger partial charge is 0.139 e. The Balaban J connectivity index is 2.41. The lowest BCUT2D eigenvalue weighted by Crippen LogP contribution is -2.31. The first-order valence-electron chi connectivity index (χ1n) is 7.85. The molecule has 1 rings (SSSR count). The van der Waals surface area contributed by atoms with E-state index in [2.05, 4.69) is 13.8 Å². The van der Waals surface area contributed by atoms with Crippen molar-refractivity contribution < 1.29 is 4.79 Å². The Kier molecular flexibility index (Phi) is 6.91. The quantitative estimate of drug-likeness (QED) is 0.747. The number of rotatable bonds is 7. The average Bonchev–Trinajstić information content (AvgIpc) is 2.37. The third kappa shape index (κ3) is 4.72. The van der Waals surface area contributed by atoms with Gasteiger partial charge in [0.2, 0.25) is 0 Å². The summed E-state index contributed by atoms with van der Waals surface area (Å²) >= 11 is 0. The highest BCUT2D eigenvalue weighted by Gasteiger charge is 2.31. The monoisotopic (exact) mass is 253 g/mol. The van der Waals surface area contributed by atoms with Gasteiger partial charge in [-0.15, -0.1) is 0 Å². The maximum Gasteiger partial charge on any atom is 0.139 e. The van der Waals surface area contributed by atoms with E-state index in [1.54, 1.807) is 0 Å². The van der Waals surface area contributed by atoms with E-state index in [0.717, 1.165) is 25.7 Å². The van der Waals surface area contributed by atoms with Gasteiger partial charge < -0.3 is 5.73 Å². The summed E-state index contributed by atoms with van der Waals surface area (Å²) in [7, 11) is 0. The van der Waals surface area contributed by atoms with E-state index in [4.69, 9.17) is 5.73 Å². The van der Waals surface area contributed by atoms with Crippen LogP contribution in [0.4, 0.5) is 0 Å². The minimum atomic E-state index is 0.237. The molecule has 0 bridgehead atoms. The molecule has 1 aliphatic rings. The topological polar surface area (TPSA) is 43.1 Å². The van der Waals surface area contributed by atoms with Gasteiger partial charge in [0.15, 0.2) is 0 Å².